The van der Waals surface area contributed by atoms with Crippen LogP contribution in [0.2, 0.25) is 0 Å². The van der Waals surface area contributed by atoms with E-state index in [0.29, 0.717) is 12.3 Å². The molecule has 1 aliphatic rings. The van der Waals surface area contributed by atoms with Gasteiger partial charge in [0.05, 0.1) is 22.5 Å². The number of nitrogens with one attached hydrogen (secondary N) is 1. The fraction of sp³-hybridized carbons (Fsp3) is 0.474. The summed E-state index contributed by atoms with van der Waals surface area (Å²) in [6, 6.07) is 8.10. The molecule has 0 fully saturated rings. The van der Waals surface area contributed by atoms with E-state index in [0.717, 1.165) is 40.8 Å². The van der Waals surface area contributed by atoms with Crippen LogP contribution in [-0.2, 0) is 6.42 Å². The lowest BCUT2D eigenvalue weighted by atomic mass is 9.75. The Morgan fingerprint density at radius 1 is 1.22 bits per heavy atom. The zero-order valence-corrected chi connectivity index (χ0v) is 15.1. The molecule has 3 nitrogen and oxygen atoms in total. The second-order valence-electron chi connectivity index (χ2n) is 7.54. The Bertz CT molecular complexity index is 737. The first kappa shape index (κ1) is 17.7. The Hall–Kier alpha value is -1.61. The van der Waals surface area contributed by atoms with Gasteiger partial charge in [0.2, 0.25) is 0 Å². The van der Waals surface area contributed by atoms with E-state index in [1.54, 1.807) is 0 Å². The van der Waals surface area contributed by atoms with Crippen molar-refractivity contribution in [3.8, 4) is 0 Å². The minimum atomic E-state index is -0.00510. The summed E-state index contributed by atoms with van der Waals surface area (Å²) in [7, 11) is 0. The Labute approximate surface area is 144 Å². The molecule has 0 saturated carbocycles. The minimum Gasteiger partial charge on any atom is -0.384 e. The maximum Gasteiger partial charge on any atom is 0.167 e. The Morgan fingerprint density at radius 3 is 2.61 bits per heavy atom. The zero-order chi connectivity index (χ0) is 15.9. The van der Waals surface area contributed by atoms with Gasteiger partial charge in [-0.15, -0.1) is 12.4 Å². The predicted molar refractivity (Wildman–Crippen MR) is 98.8 cm³/mol. The molecule has 1 heterocycles. The van der Waals surface area contributed by atoms with Crippen molar-refractivity contribution in [3.05, 3.63) is 35.5 Å². The largest absolute Gasteiger partial charge is 0.384 e. The predicted octanol–water partition coefficient (Wildman–Crippen LogP) is 4.88. The van der Waals surface area contributed by atoms with Crippen molar-refractivity contribution in [1.82, 2.24) is 4.98 Å². The molecule has 1 aliphatic carbocycles. The number of anilines is 1. The SMILES string of the molecule is CC(C)CNc1c2c(nc3ccccc13)CC(C)(C)CC2=O.Cl. The molecular formula is C19H25ClN2O. The number of para-hydroxylation sites is 1. The molecule has 0 aliphatic heterocycles. The van der Waals surface area contributed by atoms with Crippen LogP contribution in [0.25, 0.3) is 10.9 Å². The van der Waals surface area contributed by atoms with Gasteiger partial charge in [0.1, 0.15) is 0 Å². The highest BCUT2D eigenvalue weighted by atomic mass is 35.5. The molecule has 0 atom stereocenters. The lowest BCUT2D eigenvalue weighted by Gasteiger charge is -2.31. The number of ketones is 1. The fourth-order valence-electron chi connectivity index (χ4n) is 3.22. The number of hydrogen-bond donors (Lipinski definition) is 1. The number of nitrogens with zero attached hydrogens (tertiary/aromatic N) is 1. The highest BCUT2D eigenvalue weighted by Crippen LogP contribution is 2.39. The molecule has 23 heavy (non-hydrogen) atoms. The normalized spacial score (nSPS) is 16.1. The van der Waals surface area contributed by atoms with E-state index in [-0.39, 0.29) is 23.6 Å². The first-order chi connectivity index (χ1) is 10.4. The number of carbonyl (C=O) groups is 1. The van der Waals surface area contributed by atoms with Crippen LogP contribution in [0.1, 0.15) is 50.2 Å². The molecular weight excluding hydrogens is 308 g/mol. The van der Waals surface area contributed by atoms with Crippen molar-refractivity contribution in [2.75, 3.05) is 11.9 Å². The van der Waals surface area contributed by atoms with E-state index in [4.69, 9.17) is 4.98 Å². The van der Waals surface area contributed by atoms with E-state index < -0.39 is 0 Å². The van der Waals surface area contributed by atoms with Crippen LogP contribution in [0.3, 0.4) is 0 Å². The molecule has 0 unspecified atom stereocenters. The van der Waals surface area contributed by atoms with E-state index in [1.165, 1.54) is 0 Å². The molecule has 2 aromatic rings. The van der Waals surface area contributed by atoms with Crippen molar-refractivity contribution in [2.24, 2.45) is 11.3 Å². The molecule has 0 spiro atoms. The molecule has 3 rings (SSSR count). The van der Waals surface area contributed by atoms with Gasteiger partial charge in [-0.3, -0.25) is 9.78 Å². The van der Waals surface area contributed by atoms with Gasteiger partial charge in [-0.05, 0) is 23.8 Å². The molecule has 1 N–H and O–H groups in total. The Balaban J connectivity index is 0.00000192. The average Bonchev–Trinajstić information content (AvgIpc) is 2.42. The van der Waals surface area contributed by atoms with Crippen LogP contribution in [0, 0.1) is 11.3 Å². The minimum absolute atomic E-state index is 0. The number of benzene rings is 1. The maximum absolute atomic E-state index is 12.7. The summed E-state index contributed by atoms with van der Waals surface area (Å²) >= 11 is 0. The van der Waals surface area contributed by atoms with Crippen molar-refractivity contribution >= 4 is 34.8 Å². The Kier molecular flexibility index (Phi) is 5.00. The number of hydrogen-bond acceptors (Lipinski definition) is 3. The maximum atomic E-state index is 12.7. The zero-order valence-electron chi connectivity index (χ0n) is 14.3. The number of Topliss-reactive ketones (excluding diaryl/α,β-unsaturated/α-hetero) is 1. The van der Waals surface area contributed by atoms with Gasteiger partial charge < -0.3 is 5.32 Å². The van der Waals surface area contributed by atoms with Gasteiger partial charge in [-0.1, -0.05) is 45.9 Å². The van der Waals surface area contributed by atoms with E-state index in [9.17, 15) is 4.79 Å². The first-order valence-electron chi connectivity index (χ1n) is 8.06. The number of carbonyl (C=O) groups excluding carboxylic acids is 1. The van der Waals surface area contributed by atoms with Crippen molar-refractivity contribution in [1.29, 1.82) is 0 Å². The summed E-state index contributed by atoms with van der Waals surface area (Å²) in [5.41, 5.74) is 3.71. The highest BCUT2D eigenvalue weighted by molar-refractivity contribution is 6.10. The van der Waals surface area contributed by atoms with Gasteiger partial charge >= 0.3 is 0 Å². The number of aromatic nitrogens is 1. The number of halogens is 1. The molecule has 0 saturated heterocycles. The number of rotatable bonds is 3. The molecule has 4 heteroatoms. The fourth-order valence-corrected chi connectivity index (χ4v) is 3.22. The van der Waals surface area contributed by atoms with Crippen molar-refractivity contribution in [3.63, 3.8) is 0 Å². The summed E-state index contributed by atoms with van der Waals surface area (Å²) in [6.07, 6.45) is 1.45. The lowest BCUT2D eigenvalue weighted by Crippen LogP contribution is -2.29. The monoisotopic (exact) mass is 332 g/mol. The summed E-state index contributed by atoms with van der Waals surface area (Å²) in [5, 5.41) is 4.56. The molecule has 0 radical (unpaired) electrons. The molecule has 1 aromatic carbocycles. The van der Waals surface area contributed by atoms with Gasteiger partial charge in [-0.2, -0.15) is 0 Å². The Morgan fingerprint density at radius 2 is 1.91 bits per heavy atom. The topological polar surface area (TPSA) is 42.0 Å². The summed E-state index contributed by atoms with van der Waals surface area (Å²) in [4.78, 5) is 17.5. The highest BCUT2D eigenvalue weighted by Gasteiger charge is 2.34. The third-order valence-electron chi connectivity index (χ3n) is 4.22. The summed E-state index contributed by atoms with van der Waals surface area (Å²) in [5.74, 6) is 0.744. The van der Waals surface area contributed by atoms with Crippen LogP contribution in [0.15, 0.2) is 24.3 Å². The van der Waals surface area contributed by atoms with E-state index >= 15 is 0 Å². The molecule has 1 aromatic heterocycles. The van der Waals surface area contributed by atoms with E-state index in [2.05, 4.69) is 39.1 Å². The molecule has 0 amide bonds. The van der Waals surface area contributed by atoms with Crippen LogP contribution in [0.4, 0.5) is 5.69 Å². The second-order valence-corrected chi connectivity index (χ2v) is 7.54. The van der Waals surface area contributed by atoms with Gasteiger partial charge in [0, 0.05) is 18.4 Å². The second kappa shape index (κ2) is 6.48. The van der Waals surface area contributed by atoms with Gasteiger partial charge in [0.25, 0.3) is 0 Å². The van der Waals surface area contributed by atoms with Crippen LogP contribution < -0.4 is 5.32 Å². The summed E-state index contributed by atoms with van der Waals surface area (Å²) in [6.45, 7) is 9.50. The standard InChI is InChI=1S/C19H24N2O.ClH/c1-12(2)11-20-18-13-7-5-6-8-14(13)21-15-9-19(3,4)10-16(22)17(15)18;/h5-8,12H,9-11H2,1-4H3,(H,20,21);1H. The quantitative estimate of drug-likeness (QED) is 0.871. The average molecular weight is 333 g/mol. The molecule has 124 valence electrons. The van der Waals surface area contributed by atoms with Gasteiger partial charge in [0.15, 0.2) is 5.78 Å². The number of pyridine rings is 1. The molecule has 0 bridgehead atoms. The van der Waals surface area contributed by atoms with Crippen molar-refractivity contribution in [2.45, 2.75) is 40.5 Å². The van der Waals surface area contributed by atoms with Crippen LogP contribution in [0.5, 0.6) is 0 Å². The smallest absolute Gasteiger partial charge is 0.167 e. The van der Waals surface area contributed by atoms with Crippen molar-refractivity contribution < 1.29 is 4.79 Å². The van der Waals surface area contributed by atoms with Gasteiger partial charge in [-0.25, -0.2) is 0 Å². The first-order valence-corrected chi connectivity index (χ1v) is 8.06. The van der Waals surface area contributed by atoms with Crippen LogP contribution >= 0.6 is 12.4 Å². The van der Waals surface area contributed by atoms with Crippen LogP contribution in [-0.4, -0.2) is 17.3 Å². The summed E-state index contributed by atoms with van der Waals surface area (Å²) < 4.78 is 0. The van der Waals surface area contributed by atoms with E-state index in [1.807, 2.05) is 18.2 Å². The lowest BCUT2D eigenvalue weighted by molar-refractivity contribution is 0.0911. The number of fused-ring (bicyclic) bond motifs is 2. The third-order valence-corrected chi connectivity index (χ3v) is 4.22. The third kappa shape index (κ3) is 3.50.